The number of aryl methyl sites for hydroxylation is 1. The molecule has 4 nitrogen and oxygen atoms in total. The highest BCUT2D eigenvalue weighted by Gasteiger charge is 2.11. The molecule has 0 bridgehead atoms. The molecule has 0 aliphatic rings. The van der Waals surface area contributed by atoms with E-state index in [-0.39, 0.29) is 0 Å². The molecule has 0 amide bonds. The number of nitrogens with one attached hydrogen (secondary N) is 1. The monoisotopic (exact) mass is 265 g/mol. The van der Waals surface area contributed by atoms with Crippen LogP contribution in [0.4, 0.5) is 5.82 Å². The average molecular weight is 266 g/mol. The molecule has 18 heavy (non-hydrogen) atoms. The van der Waals surface area contributed by atoms with Crippen molar-refractivity contribution in [3.8, 4) is 5.75 Å². The van der Waals surface area contributed by atoms with Gasteiger partial charge in [-0.2, -0.15) is 0 Å². The molecule has 0 aliphatic heterocycles. The van der Waals surface area contributed by atoms with E-state index in [1.54, 1.807) is 13.2 Å². The molecular formula is C13H16ClN3O. The number of hydrazine groups is 1. The number of nitrogen functional groups attached to an aromatic ring is 1. The van der Waals surface area contributed by atoms with E-state index in [1.165, 1.54) is 0 Å². The van der Waals surface area contributed by atoms with Crippen LogP contribution in [0.3, 0.4) is 0 Å². The number of rotatable bonds is 4. The third-order valence-electron chi connectivity index (χ3n) is 2.85. The first-order chi connectivity index (χ1) is 8.71. The van der Waals surface area contributed by atoms with Crippen LogP contribution >= 0.6 is 11.6 Å². The second-order valence-electron chi connectivity index (χ2n) is 4.04. The number of halogens is 1. The van der Waals surface area contributed by atoms with Crippen molar-refractivity contribution in [2.75, 3.05) is 12.5 Å². The smallest absolute Gasteiger partial charge is 0.145 e. The zero-order valence-corrected chi connectivity index (χ0v) is 11.2. The number of aromatic nitrogens is 1. The number of benzene rings is 1. The summed E-state index contributed by atoms with van der Waals surface area (Å²) in [6, 6.07) is 5.64. The average Bonchev–Trinajstić information content (AvgIpc) is 2.39. The van der Waals surface area contributed by atoms with Crippen LogP contribution < -0.4 is 16.0 Å². The molecule has 0 spiro atoms. The molecule has 0 saturated carbocycles. The largest absolute Gasteiger partial charge is 0.494 e. The molecule has 0 unspecified atom stereocenters. The summed E-state index contributed by atoms with van der Waals surface area (Å²) in [5.41, 5.74) is 4.41. The highest BCUT2D eigenvalue weighted by atomic mass is 35.5. The number of ether oxygens (including phenoxy) is 1. The highest BCUT2D eigenvalue weighted by Crippen LogP contribution is 2.32. The zero-order valence-electron chi connectivity index (χ0n) is 10.5. The molecular weight excluding hydrogens is 250 g/mol. The number of anilines is 1. The molecule has 0 fully saturated rings. The van der Waals surface area contributed by atoms with Crippen molar-refractivity contribution in [2.24, 2.45) is 5.84 Å². The van der Waals surface area contributed by atoms with Crippen LogP contribution in [0.5, 0.6) is 5.75 Å². The fourth-order valence-electron chi connectivity index (χ4n) is 1.99. The summed E-state index contributed by atoms with van der Waals surface area (Å²) < 4.78 is 5.29. The van der Waals surface area contributed by atoms with Gasteiger partial charge in [0.2, 0.25) is 0 Å². The van der Waals surface area contributed by atoms with E-state index < -0.39 is 0 Å². The molecule has 0 atom stereocenters. The van der Waals surface area contributed by atoms with Crippen LogP contribution in [-0.4, -0.2) is 12.1 Å². The van der Waals surface area contributed by atoms with E-state index >= 15 is 0 Å². The topological polar surface area (TPSA) is 60.2 Å². The van der Waals surface area contributed by atoms with Gasteiger partial charge in [0.05, 0.1) is 12.1 Å². The number of nitrogens with zero attached hydrogens (tertiary/aromatic N) is 1. The van der Waals surface area contributed by atoms with E-state index in [0.29, 0.717) is 16.6 Å². The van der Waals surface area contributed by atoms with Crippen LogP contribution in [0, 0.1) is 0 Å². The van der Waals surface area contributed by atoms with E-state index in [1.807, 2.05) is 12.1 Å². The van der Waals surface area contributed by atoms with Gasteiger partial charge in [0.1, 0.15) is 17.1 Å². The SMILES string of the molecule is CCCc1cc2c(Cl)ccc(OC)c2nc1NN. The minimum absolute atomic E-state index is 0.666. The maximum atomic E-state index is 6.21. The van der Waals surface area contributed by atoms with Gasteiger partial charge < -0.3 is 10.2 Å². The molecule has 3 N–H and O–H groups in total. The lowest BCUT2D eigenvalue weighted by atomic mass is 10.1. The first-order valence-electron chi connectivity index (χ1n) is 5.84. The summed E-state index contributed by atoms with van der Waals surface area (Å²) in [7, 11) is 1.61. The molecule has 1 heterocycles. The first kappa shape index (κ1) is 12.9. The van der Waals surface area contributed by atoms with Crippen LogP contribution in [0.1, 0.15) is 18.9 Å². The Labute approximate surface area is 111 Å². The van der Waals surface area contributed by atoms with Gasteiger partial charge >= 0.3 is 0 Å². The number of pyridine rings is 1. The van der Waals surface area contributed by atoms with Crippen molar-refractivity contribution in [1.29, 1.82) is 0 Å². The summed E-state index contributed by atoms with van der Waals surface area (Å²) in [5.74, 6) is 6.88. The Morgan fingerprint density at radius 2 is 2.22 bits per heavy atom. The number of hydrogen-bond donors (Lipinski definition) is 2. The fourth-order valence-corrected chi connectivity index (χ4v) is 2.20. The molecule has 1 aromatic carbocycles. The first-order valence-corrected chi connectivity index (χ1v) is 6.21. The maximum Gasteiger partial charge on any atom is 0.145 e. The maximum absolute atomic E-state index is 6.21. The van der Waals surface area contributed by atoms with Crippen LogP contribution in [-0.2, 0) is 6.42 Å². The fraction of sp³-hybridized carbons (Fsp3) is 0.308. The van der Waals surface area contributed by atoms with Crippen molar-refractivity contribution in [2.45, 2.75) is 19.8 Å². The molecule has 0 radical (unpaired) electrons. The van der Waals surface area contributed by atoms with Crippen molar-refractivity contribution in [3.63, 3.8) is 0 Å². The lowest BCUT2D eigenvalue weighted by Gasteiger charge is -2.12. The summed E-state index contributed by atoms with van der Waals surface area (Å²) in [4.78, 5) is 4.50. The van der Waals surface area contributed by atoms with Gasteiger partial charge in [-0.3, -0.25) is 0 Å². The van der Waals surface area contributed by atoms with Crippen LogP contribution in [0.15, 0.2) is 18.2 Å². The van der Waals surface area contributed by atoms with Gasteiger partial charge in [0.15, 0.2) is 0 Å². The Hall–Kier alpha value is -1.52. The van der Waals surface area contributed by atoms with Crippen molar-refractivity contribution >= 4 is 28.3 Å². The molecule has 1 aromatic heterocycles. The van der Waals surface area contributed by atoms with Crippen molar-refractivity contribution < 1.29 is 4.74 Å². The molecule has 5 heteroatoms. The lowest BCUT2D eigenvalue weighted by Crippen LogP contribution is -2.11. The van der Waals surface area contributed by atoms with E-state index in [2.05, 4.69) is 17.3 Å². The standard InChI is InChI=1S/C13H16ClN3O/c1-3-4-8-7-9-10(14)5-6-11(18-2)12(9)16-13(8)17-15/h5-7H,3-4,15H2,1-2H3,(H,16,17). The summed E-state index contributed by atoms with van der Waals surface area (Å²) in [6.45, 7) is 2.11. The molecule has 0 aliphatic carbocycles. The molecule has 96 valence electrons. The van der Waals surface area contributed by atoms with Gasteiger partial charge in [0.25, 0.3) is 0 Å². The van der Waals surface area contributed by atoms with Crippen molar-refractivity contribution in [1.82, 2.24) is 4.98 Å². The highest BCUT2D eigenvalue weighted by molar-refractivity contribution is 6.35. The van der Waals surface area contributed by atoms with E-state index in [4.69, 9.17) is 22.2 Å². The Morgan fingerprint density at radius 1 is 1.44 bits per heavy atom. The summed E-state index contributed by atoms with van der Waals surface area (Å²) in [5, 5.41) is 1.55. The number of fused-ring (bicyclic) bond motifs is 1. The Kier molecular flexibility index (Phi) is 3.89. The van der Waals surface area contributed by atoms with Gasteiger partial charge in [-0.15, -0.1) is 0 Å². The summed E-state index contributed by atoms with van der Waals surface area (Å²) >= 11 is 6.21. The molecule has 0 saturated heterocycles. The van der Waals surface area contributed by atoms with Crippen LogP contribution in [0.25, 0.3) is 10.9 Å². The van der Waals surface area contributed by atoms with Gasteiger partial charge in [-0.05, 0) is 30.2 Å². The quantitative estimate of drug-likeness (QED) is 0.659. The van der Waals surface area contributed by atoms with E-state index in [0.717, 1.165) is 29.3 Å². The second kappa shape index (κ2) is 5.42. The number of hydrogen-bond acceptors (Lipinski definition) is 4. The Morgan fingerprint density at radius 3 is 2.83 bits per heavy atom. The second-order valence-corrected chi connectivity index (χ2v) is 4.44. The molecule has 2 rings (SSSR count). The number of nitrogens with two attached hydrogens (primary N) is 1. The Bertz CT molecular complexity index is 572. The third-order valence-corrected chi connectivity index (χ3v) is 3.18. The lowest BCUT2D eigenvalue weighted by molar-refractivity contribution is 0.419. The van der Waals surface area contributed by atoms with E-state index in [9.17, 15) is 0 Å². The minimum Gasteiger partial charge on any atom is -0.494 e. The van der Waals surface area contributed by atoms with Gasteiger partial charge in [-0.1, -0.05) is 24.9 Å². The van der Waals surface area contributed by atoms with Gasteiger partial charge in [0, 0.05) is 5.39 Å². The Balaban J connectivity index is 2.73. The van der Waals surface area contributed by atoms with Crippen LogP contribution in [0.2, 0.25) is 5.02 Å². The normalized spacial score (nSPS) is 10.7. The third kappa shape index (κ3) is 2.21. The van der Waals surface area contributed by atoms with Crippen molar-refractivity contribution in [3.05, 3.63) is 28.8 Å². The van der Waals surface area contributed by atoms with Gasteiger partial charge in [-0.25, -0.2) is 10.8 Å². The minimum atomic E-state index is 0.666. The number of methoxy groups -OCH3 is 1. The predicted molar refractivity (Wildman–Crippen MR) is 75.1 cm³/mol. The zero-order chi connectivity index (χ0) is 13.1. The summed E-state index contributed by atoms with van der Waals surface area (Å²) in [6.07, 6.45) is 1.92. The molecule has 2 aromatic rings. The predicted octanol–water partition coefficient (Wildman–Crippen LogP) is 3.13.